The predicted octanol–water partition coefficient (Wildman–Crippen LogP) is 5.08. The number of carbonyl (C=O) groups is 2. The van der Waals surface area contributed by atoms with Crippen molar-refractivity contribution in [3.63, 3.8) is 0 Å². The highest BCUT2D eigenvalue weighted by atomic mass is 32.1. The van der Waals surface area contributed by atoms with Crippen LogP contribution in [-0.2, 0) is 17.9 Å². The minimum absolute atomic E-state index is 0.0695. The first-order valence-corrected chi connectivity index (χ1v) is 13.5. The number of nitrogens with zero attached hydrogens (tertiary/aromatic N) is 2. The van der Waals surface area contributed by atoms with Crippen molar-refractivity contribution < 1.29 is 19.1 Å². The molecule has 3 aromatic rings. The second-order valence-electron chi connectivity index (χ2n) is 10.2. The van der Waals surface area contributed by atoms with E-state index in [4.69, 9.17) is 9.47 Å². The molecule has 7 nitrogen and oxygen atoms in total. The van der Waals surface area contributed by atoms with E-state index < -0.39 is 5.54 Å². The van der Waals surface area contributed by atoms with E-state index >= 15 is 0 Å². The average Bonchev–Trinajstić information content (AvgIpc) is 3.55. The molecule has 3 aliphatic rings. The van der Waals surface area contributed by atoms with E-state index in [0.717, 1.165) is 41.5 Å². The maximum atomic E-state index is 14.0. The Labute approximate surface area is 209 Å². The molecular formula is C27H31N3O4S. The molecule has 0 bridgehead atoms. The minimum Gasteiger partial charge on any atom is -0.454 e. The SMILES string of the molecule is CC1(C(=O)NC2CCCCCCC2)Cn2c(cc3sccc32)C(=O)N1Cc1ccc2c(c1)OCO2. The predicted molar refractivity (Wildman–Crippen MR) is 135 cm³/mol. The van der Waals surface area contributed by atoms with Crippen LogP contribution >= 0.6 is 11.3 Å². The van der Waals surface area contributed by atoms with E-state index in [9.17, 15) is 9.59 Å². The molecule has 184 valence electrons. The molecule has 1 fully saturated rings. The molecule has 4 heterocycles. The number of hydrogen-bond acceptors (Lipinski definition) is 5. The lowest BCUT2D eigenvalue weighted by Crippen LogP contribution is -2.64. The summed E-state index contributed by atoms with van der Waals surface area (Å²) in [5.74, 6) is 1.20. The van der Waals surface area contributed by atoms with Crippen LogP contribution in [0, 0.1) is 0 Å². The van der Waals surface area contributed by atoms with E-state index in [0.29, 0.717) is 30.3 Å². The lowest BCUT2D eigenvalue weighted by Gasteiger charge is -2.44. The number of fused-ring (bicyclic) bond motifs is 4. The fourth-order valence-corrected chi connectivity index (χ4v) is 6.51. The first-order chi connectivity index (χ1) is 17.0. The molecule has 2 aromatic heterocycles. The van der Waals surface area contributed by atoms with Crippen molar-refractivity contribution in [3.8, 4) is 11.5 Å². The van der Waals surface area contributed by atoms with Gasteiger partial charge in [0.2, 0.25) is 12.7 Å². The second-order valence-corrected chi connectivity index (χ2v) is 11.1. The van der Waals surface area contributed by atoms with Crippen LogP contribution in [0.3, 0.4) is 0 Å². The zero-order chi connectivity index (χ0) is 24.0. The first-order valence-electron chi connectivity index (χ1n) is 12.6. The Kier molecular flexibility index (Phi) is 5.71. The summed E-state index contributed by atoms with van der Waals surface area (Å²) in [4.78, 5) is 29.6. The summed E-state index contributed by atoms with van der Waals surface area (Å²) in [6, 6.07) is 9.89. The molecule has 1 N–H and O–H groups in total. The van der Waals surface area contributed by atoms with Gasteiger partial charge in [0, 0.05) is 12.6 Å². The summed E-state index contributed by atoms with van der Waals surface area (Å²) in [5.41, 5.74) is 1.56. The maximum Gasteiger partial charge on any atom is 0.271 e. The third kappa shape index (κ3) is 3.97. The molecule has 35 heavy (non-hydrogen) atoms. The molecule has 1 atom stereocenters. The number of amides is 2. The Morgan fingerprint density at radius 3 is 2.69 bits per heavy atom. The van der Waals surface area contributed by atoms with Crippen LogP contribution in [-0.4, -0.2) is 39.7 Å². The molecular weight excluding hydrogens is 462 g/mol. The van der Waals surface area contributed by atoms with Crippen LogP contribution < -0.4 is 14.8 Å². The molecule has 1 aromatic carbocycles. The van der Waals surface area contributed by atoms with Crippen molar-refractivity contribution in [2.24, 2.45) is 0 Å². The fraction of sp³-hybridized carbons (Fsp3) is 0.481. The van der Waals surface area contributed by atoms with Crippen LogP contribution in [0.2, 0.25) is 0 Å². The van der Waals surface area contributed by atoms with Crippen LogP contribution in [0.25, 0.3) is 10.2 Å². The van der Waals surface area contributed by atoms with Crippen LogP contribution in [0.5, 0.6) is 11.5 Å². The van der Waals surface area contributed by atoms with Gasteiger partial charge in [-0.1, -0.05) is 38.2 Å². The summed E-state index contributed by atoms with van der Waals surface area (Å²) in [6.07, 6.45) is 8.01. The van der Waals surface area contributed by atoms with E-state index in [1.807, 2.05) is 47.2 Å². The van der Waals surface area contributed by atoms with Gasteiger partial charge in [0.15, 0.2) is 11.5 Å². The van der Waals surface area contributed by atoms with E-state index in [1.165, 1.54) is 19.3 Å². The number of ether oxygens (including phenoxy) is 2. The Hall–Kier alpha value is -3.00. The van der Waals surface area contributed by atoms with Gasteiger partial charge in [0.05, 0.1) is 16.8 Å². The molecule has 2 aliphatic heterocycles. The smallest absolute Gasteiger partial charge is 0.271 e. The highest BCUT2D eigenvalue weighted by Gasteiger charge is 2.48. The number of thiophene rings is 1. The van der Waals surface area contributed by atoms with Gasteiger partial charge in [-0.25, -0.2) is 0 Å². The molecule has 6 rings (SSSR count). The number of rotatable bonds is 4. The molecule has 1 unspecified atom stereocenters. The number of nitrogens with one attached hydrogen (secondary N) is 1. The number of benzene rings is 1. The standard InChI is InChI=1S/C27H31N3O4S/c1-27(26(32)28-19-7-5-3-2-4-6-8-19)16-29-20-11-12-35-24(20)14-21(29)25(31)30(27)15-18-9-10-22-23(13-18)34-17-33-22/h9-14,19H,2-8,15-17H2,1H3,(H,28,32). The van der Waals surface area contributed by atoms with Crippen molar-refractivity contribution in [3.05, 3.63) is 47.0 Å². The van der Waals surface area contributed by atoms with Gasteiger partial charge in [-0.15, -0.1) is 11.3 Å². The van der Waals surface area contributed by atoms with Gasteiger partial charge in [-0.3, -0.25) is 9.59 Å². The Balaban J connectivity index is 1.34. The zero-order valence-electron chi connectivity index (χ0n) is 20.0. The number of aromatic nitrogens is 1. The van der Waals surface area contributed by atoms with Crippen molar-refractivity contribution >= 4 is 33.4 Å². The molecule has 0 radical (unpaired) electrons. The van der Waals surface area contributed by atoms with Gasteiger partial charge < -0.3 is 24.3 Å². The highest BCUT2D eigenvalue weighted by molar-refractivity contribution is 7.17. The summed E-state index contributed by atoms with van der Waals surface area (Å²) >= 11 is 1.62. The van der Waals surface area contributed by atoms with Crippen LogP contribution in [0.15, 0.2) is 35.7 Å². The number of carbonyl (C=O) groups excluding carboxylic acids is 2. The van der Waals surface area contributed by atoms with Gasteiger partial charge in [0.25, 0.3) is 5.91 Å². The lowest BCUT2D eigenvalue weighted by atomic mass is 9.91. The monoisotopic (exact) mass is 493 g/mol. The molecule has 0 saturated heterocycles. The van der Waals surface area contributed by atoms with Crippen molar-refractivity contribution in [1.82, 2.24) is 14.8 Å². The normalized spacial score (nSPS) is 22.7. The largest absolute Gasteiger partial charge is 0.454 e. The van der Waals surface area contributed by atoms with Gasteiger partial charge in [-0.05, 0) is 55.0 Å². The van der Waals surface area contributed by atoms with Gasteiger partial charge in [-0.2, -0.15) is 0 Å². The lowest BCUT2D eigenvalue weighted by molar-refractivity contribution is -0.134. The van der Waals surface area contributed by atoms with E-state index in [-0.39, 0.29) is 24.6 Å². The van der Waals surface area contributed by atoms with Crippen LogP contribution in [0.1, 0.15) is 67.9 Å². The molecule has 8 heteroatoms. The highest BCUT2D eigenvalue weighted by Crippen LogP contribution is 2.37. The minimum atomic E-state index is -1.02. The van der Waals surface area contributed by atoms with E-state index in [2.05, 4.69) is 5.32 Å². The summed E-state index contributed by atoms with van der Waals surface area (Å²) < 4.78 is 14.1. The van der Waals surface area contributed by atoms with Crippen molar-refractivity contribution in [2.45, 2.75) is 76.5 Å². The molecule has 2 amide bonds. The Morgan fingerprint density at radius 1 is 1.09 bits per heavy atom. The molecule has 0 spiro atoms. The zero-order valence-corrected chi connectivity index (χ0v) is 20.9. The summed E-state index contributed by atoms with van der Waals surface area (Å²) in [5, 5.41) is 5.39. The van der Waals surface area contributed by atoms with Gasteiger partial charge >= 0.3 is 0 Å². The van der Waals surface area contributed by atoms with E-state index in [1.54, 1.807) is 16.2 Å². The fourth-order valence-electron chi connectivity index (χ4n) is 5.68. The summed E-state index contributed by atoms with van der Waals surface area (Å²) in [7, 11) is 0. The quantitative estimate of drug-likeness (QED) is 0.550. The second kappa shape index (κ2) is 8.90. The molecule has 1 saturated carbocycles. The van der Waals surface area contributed by atoms with Crippen molar-refractivity contribution in [2.75, 3.05) is 6.79 Å². The summed E-state index contributed by atoms with van der Waals surface area (Å²) in [6.45, 7) is 2.87. The molecule has 1 aliphatic carbocycles. The van der Waals surface area contributed by atoms with Crippen LogP contribution in [0.4, 0.5) is 0 Å². The maximum absolute atomic E-state index is 14.0. The third-order valence-electron chi connectivity index (χ3n) is 7.76. The number of hydrogen-bond donors (Lipinski definition) is 1. The Morgan fingerprint density at radius 2 is 1.86 bits per heavy atom. The van der Waals surface area contributed by atoms with Crippen molar-refractivity contribution in [1.29, 1.82) is 0 Å². The average molecular weight is 494 g/mol. The third-order valence-corrected chi connectivity index (χ3v) is 8.61. The Bertz CT molecular complexity index is 1270. The topological polar surface area (TPSA) is 72.8 Å². The van der Waals surface area contributed by atoms with Gasteiger partial charge in [0.1, 0.15) is 11.2 Å². The first kappa shape index (κ1) is 22.5.